The first-order valence-electron chi connectivity index (χ1n) is 16.1. The third kappa shape index (κ3) is 3.36. The topological polar surface area (TPSA) is 19.6 Å². The summed E-state index contributed by atoms with van der Waals surface area (Å²) >= 11 is 1.88. The summed E-state index contributed by atoms with van der Waals surface area (Å²) in [6.45, 7) is 0.100. The Morgan fingerprint density at radius 1 is 0.426 bits per heavy atom. The number of anilines is 6. The van der Waals surface area contributed by atoms with Crippen molar-refractivity contribution < 1.29 is 4.42 Å². The zero-order valence-corrected chi connectivity index (χ0v) is 26.0. The van der Waals surface area contributed by atoms with Gasteiger partial charge < -0.3 is 14.2 Å². The van der Waals surface area contributed by atoms with Gasteiger partial charge in [0.15, 0.2) is 0 Å². The molecule has 0 amide bonds. The van der Waals surface area contributed by atoms with E-state index in [1.807, 2.05) is 17.4 Å². The van der Waals surface area contributed by atoms with Crippen molar-refractivity contribution in [2.24, 2.45) is 0 Å². The molecule has 11 rings (SSSR count). The molecule has 2 aliphatic heterocycles. The van der Waals surface area contributed by atoms with Crippen LogP contribution in [0.3, 0.4) is 0 Å². The third-order valence-corrected chi connectivity index (χ3v) is 11.3. The standard InChI is InChI=1S/C42H25BN2OS/c1-7-23-37-28(13-1)40-33(19-11-24-38(40)46-37)44-31-17-5-3-15-29(31)43-30-16-4-6-18-32(30)45(35-21-10-20-34(44)41(35)43)36-22-9-14-27-26-12-2-8-25-39(26)47-42(27)36/h1-25H. The van der Waals surface area contributed by atoms with E-state index in [9.17, 15) is 0 Å². The highest BCUT2D eigenvalue weighted by atomic mass is 32.1. The molecule has 0 atom stereocenters. The molecular weight excluding hydrogens is 591 g/mol. The number of hydrogen-bond donors (Lipinski definition) is 0. The van der Waals surface area contributed by atoms with E-state index in [0.29, 0.717) is 0 Å². The van der Waals surface area contributed by atoms with Crippen molar-refractivity contribution in [1.82, 2.24) is 0 Å². The Kier molecular flexibility index (Phi) is 5.07. The number of fused-ring (bicyclic) bond motifs is 10. The van der Waals surface area contributed by atoms with Gasteiger partial charge in [-0.3, -0.25) is 0 Å². The normalized spacial score (nSPS) is 13.4. The molecule has 0 aliphatic carbocycles. The van der Waals surface area contributed by atoms with Gasteiger partial charge in [-0.2, -0.15) is 0 Å². The van der Waals surface area contributed by atoms with Gasteiger partial charge in [0.1, 0.15) is 11.2 Å². The number of furan rings is 1. The van der Waals surface area contributed by atoms with E-state index in [1.54, 1.807) is 0 Å². The Bertz CT molecular complexity index is 2740. The molecular formula is C42H25BN2OS. The zero-order valence-electron chi connectivity index (χ0n) is 25.2. The lowest BCUT2D eigenvalue weighted by atomic mass is 9.33. The summed E-state index contributed by atoms with van der Waals surface area (Å²) in [7, 11) is 0. The molecule has 2 aliphatic rings. The van der Waals surface area contributed by atoms with Gasteiger partial charge in [-0.15, -0.1) is 11.3 Å². The molecule has 7 aromatic carbocycles. The SMILES string of the molecule is c1ccc2c(c1)B1c3ccccc3N(c3cccc4oc5ccccc5c34)c3cccc(c31)N2c1cccc2c1sc1ccccc12. The molecule has 9 aromatic rings. The second-order valence-electron chi connectivity index (χ2n) is 12.4. The number of hydrogen-bond acceptors (Lipinski definition) is 4. The molecule has 0 radical (unpaired) electrons. The number of para-hydroxylation sites is 3. The second-order valence-corrected chi connectivity index (χ2v) is 13.5. The van der Waals surface area contributed by atoms with Crippen molar-refractivity contribution in [1.29, 1.82) is 0 Å². The molecule has 0 saturated heterocycles. The highest BCUT2D eigenvalue weighted by Crippen LogP contribution is 2.49. The van der Waals surface area contributed by atoms with Crippen LogP contribution in [0.4, 0.5) is 34.1 Å². The first-order chi connectivity index (χ1) is 23.3. The average Bonchev–Trinajstić information content (AvgIpc) is 3.71. The first-order valence-corrected chi connectivity index (χ1v) is 16.9. The van der Waals surface area contributed by atoms with Crippen molar-refractivity contribution in [2.75, 3.05) is 9.80 Å². The number of rotatable bonds is 2. The van der Waals surface area contributed by atoms with Gasteiger partial charge in [-0.1, -0.05) is 97.1 Å². The molecule has 47 heavy (non-hydrogen) atoms. The van der Waals surface area contributed by atoms with Crippen LogP contribution in [-0.4, -0.2) is 6.71 Å². The van der Waals surface area contributed by atoms with Crippen LogP contribution in [0.15, 0.2) is 156 Å². The molecule has 0 spiro atoms. The van der Waals surface area contributed by atoms with E-state index in [-0.39, 0.29) is 6.71 Å². The Hall–Kier alpha value is -5.78. The Morgan fingerprint density at radius 3 is 1.77 bits per heavy atom. The largest absolute Gasteiger partial charge is 0.456 e. The maximum Gasteiger partial charge on any atom is 0.252 e. The van der Waals surface area contributed by atoms with Crippen LogP contribution in [-0.2, 0) is 0 Å². The Labute approximate surface area is 275 Å². The van der Waals surface area contributed by atoms with E-state index >= 15 is 0 Å². The highest BCUT2D eigenvalue weighted by Gasteiger charge is 2.43. The molecule has 5 heteroatoms. The van der Waals surface area contributed by atoms with Crippen molar-refractivity contribution in [3.63, 3.8) is 0 Å². The van der Waals surface area contributed by atoms with Gasteiger partial charge in [0.25, 0.3) is 6.71 Å². The van der Waals surface area contributed by atoms with Crippen LogP contribution in [0.25, 0.3) is 42.1 Å². The summed E-state index contributed by atoms with van der Waals surface area (Å²) in [6.07, 6.45) is 0. The maximum atomic E-state index is 6.39. The monoisotopic (exact) mass is 616 g/mol. The summed E-state index contributed by atoms with van der Waals surface area (Å²) in [4.78, 5) is 4.99. The molecule has 0 saturated carbocycles. The lowest BCUT2D eigenvalue weighted by Gasteiger charge is -2.44. The molecule has 0 N–H and O–H groups in total. The minimum atomic E-state index is 0.100. The fraction of sp³-hybridized carbons (Fsp3) is 0. The fourth-order valence-corrected chi connectivity index (χ4v) is 9.41. The molecule has 0 fully saturated rings. The van der Waals surface area contributed by atoms with Crippen LogP contribution in [0.1, 0.15) is 0 Å². The Morgan fingerprint density at radius 2 is 0.957 bits per heavy atom. The third-order valence-electron chi connectivity index (χ3n) is 10.1. The van der Waals surface area contributed by atoms with Gasteiger partial charge in [-0.25, -0.2) is 0 Å². The van der Waals surface area contributed by atoms with E-state index in [4.69, 9.17) is 4.42 Å². The predicted molar refractivity (Wildman–Crippen MR) is 201 cm³/mol. The molecule has 218 valence electrons. The van der Waals surface area contributed by atoms with Crippen molar-refractivity contribution in [2.45, 2.75) is 0 Å². The molecule has 0 unspecified atom stereocenters. The van der Waals surface area contributed by atoms with Gasteiger partial charge >= 0.3 is 0 Å². The fourth-order valence-electron chi connectivity index (χ4n) is 8.21. The highest BCUT2D eigenvalue weighted by molar-refractivity contribution is 7.26. The molecule has 2 aromatic heterocycles. The minimum absolute atomic E-state index is 0.100. The van der Waals surface area contributed by atoms with Crippen molar-refractivity contribution >= 4 is 111 Å². The van der Waals surface area contributed by atoms with E-state index < -0.39 is 0 Å². The van der Waals surface area contributed by atoms with Gasteiger partial charge in [-0.05, 0) is 71.0 Å². The van der Waals surface area contributed by atoms with Crippen LogP contribution in [0, 0.1) is 0 Å². The first kappa shape index (κ1) is 25.4. The van der Waals surface area contributed by atoms with Crippen molar-refractivity contribution in [3.05, 3.63) is 152 Å². The van der Waals surface area contributed by atoms with Gasteiger partial charge in [0.05, 0.1) is 21.5 Å². The summed E-state index contributed by atoms with van der Waals surface area (Å²) in [5.74, 6) is 0. The lowest BCUT2D eigenvalue weighted by molar-refractivity contribution is 0.669. The van der Waals surface area contributed by atoms with E-state index in [1.165, 1.54) is 65.0 Å². The lowest BCUT2D eigenvalue weighted by Crippen LogP contribution is -2.61. The predicted octanol–water partition coefficient (Wildman–Crippen LogP) is 10.0. The zero-order chi connectivity index (χ0) is 30.6. The summed E-state index contributed by atoms with van der Waals surface area (Å²) in [5, 5.41) is 4.88. The van der Waals surface area contributed by atoms with Crippen LogP contribution in [0.2, 0.25) is 0 Å². The quantitative estimate of drug-likeness (QED) is 0.180. The van der Waals surface area contributed by atoms with Gasteiger partial charge in [0, 0.05) is 43.6 Å². The van der Waals surface area contributed by atoms with E-state index in [0.717, 1.165) is 27.6 Å². The van der Waals surface area contributed by atoms with E-state index in [2.05, 4.69) is 155 Å². The van der Waals surface area contributed by atoms with Crippen LogP contribution < -0.4 is 26.2 Å². The second kappa shape index (κ2) is 9.38. The minimum Gasteiger partial charge on any atom is -0.456 e. The molecule has 4 heterocycles. The number of benzene rings is 7. The smallest absolute Gasteiger partial charge is 0.252 e. The number of thiophene rings is 1. The van der Waals surface area contributed by atoms with Crippen LogP contribution in [0.5, 0.6) is 0 Å². The van der Waals surface area contributed by atoms with Gasteiger partial charge in [0.2, 0.25) is 0 Å². The maximum absolute atomic E-state index is 6.39. The van der Waals surface area contributed by atoms with Crippen LogP contribution >= 0.6 is 11.3 Å². The summed E-state index contributed by atoms with van der Waals surface area (Å²) in [6, 6.07) is 55.2. The summed E-state index contributed by atoms with van der Waals surface area (Å²) in [5.41, 5.74) is 13.0. The van der Waals surface area contributed by atoms with Crippen molar-refractivity contribution in [3.8, 4) is 0 Å². The average molecular weight is 617 g/mol. The Balaban J connectivity index is 1.24. The molecule has 3 nitrogen and oxygen atoms in total. The summed E-state index contributed by atoms with van der Waals surface area (Å²) < 4.78 is 9.01. The number of nitrogens with zero attached hydrogens (tertiary/aromatic N) is 2. The molecule has 0 bridgehead atoms.